The van der Waals surface area contributed by atoms with E-state index in [9.17, 15) is 18.0 Å². The lowest BCUT2D eigenvalue weighted by Gasteiger charge is -2.14. The molecule has 0 radical (unpaired) electrons. The van der Waals surface area contributed by atoms with Gasteiger partial charge in [0.2, 0.25) is 10.0 Å². The van der Waals surface area contributed by atoms with Crippen LogP contribution >= 0.6 is 11.6 Å². The van der Waals surface area contributed by atoms with Gasteiger partial charge in [-0.05, 0) is 36.4 Å². The zero-order valence-corrected chi connectivity index (χ0v) is 16.5. The van der Waals surface area contributed by atoms with E-state index >= 15 is 0 Å². The molecule has 0 aliphatic rings. The molecule has 0 aliphatic heterocycles. The van der Waals surface area contributed by atoms with Crippen molar-refractivity contribution in [3.63, 3.8) is 0 Å². The fraction of sp³-hybridized carbons (Fsp3) is 0.176. The number of hydrogen-bond donors (Lipinski definition) is 3. The summed E-state index contributed by atoms with van der Waals surface area (Å²) >= 11 is 5.92. The van der Waals surface area contributed by atoms with Gasteiger partial charge in [0.25, 0.3) is 11.8 Å². The summed E-state index contributed by atoms with van der Waals surface area (Å²) in [6.07, 6.45) is 0.970. The Morgan fingerprint density at radius 1 is 0.963 bits per heavy atom. The Morgan fingerprint density at radius 3 is 2.11 bits per heavy atom. The molecule has 10 heteroatoms. The molecule has 0 unspecified atom stereocenters. The molecule has 0 saturated heterocycles. The Labute approximate surface area is 162 Å². The predicted octanol–water partition coefficient (Wildman–Crippen LogP) is 1.85. The minimum atomic E-state index is -3.55. The number of hydrazine groups is 1. The first kappa shape index (κ1) is 20.5. The molecule has 0 fully saturated rings. The summed E-state index contributed by atoms with van der Waals surface area (Å²) in [6, 6.07) is 10.9. The number of nitrogens with zero attached hydrogens (tertiary/aromatic N) is 1. The van der Waals surface area contributed by atoms with Gasteiger partial charge in [0.15, 0.2) is 0 Å². The van der Waals surface area contributed by atoms with Crippen molar-refractivity contribution in [1.82, 2.24) is 10.9 Å². The summed E-state index contributed by atoms with van der Waals surface area (Å²) in [4.78, 5) is 26.3. The van der Waals surface area contributed by atoms with Crippen molar-refractivity contribution >= 4 is 44.8 Å². The number of carbonyl (C=O) groups is 2. The standard InChI is InChI=1S/C17H19ClN4O4S/c1-22(2)13-6-4-5-11(9-13)16(23)19-20-17(24)12-7-8-14(18)15(10-12)21-27(3,25)26/h4-10,21H,1-3H3,(H,19,23)(H,20,24). The lowest BCUT2D eigenvalue weighted by Crippen LogP contribution is -2.41. The van der Waals surface area contributed by atoms with Gasteiger partial charge in [0.05, 0.1) is 17.0 Å². The monoisotopic (exact) mass is 410 g/mol. The van der Waals surface area contributed by atoms with Crippen molar-refractivity contribution in [2.24, 2.45) is 0 Å². The van der Waals surface area contributed by atoms with Gasteiger partial charge in [0, 0.05) is 30.9 Å². The molecule has 27 heavy (non-hydrogen) atoms. The topological polar surface area (TPSA) is 108 Å². The summed E-state index contributed by atoms with van der Waals surface area (Å²) in [5.74, 6) is -1.11. The molecule has 144 valence electrons. The Balaban J connectivity index is 2.08. The maximum atomic E-state index is 12.2. The Hall–Kier alpha value is -2.78. The predicted molar refractivity (Wildman–Crippen MR) is 106 cm³/mol. The van der Waals surface area contributed by atoms with Crippen LogP contribution in [0.1, 0.15) is 20.7 Å². The van der Waals surface area contributed by atoms with Crippen LogP contribution in [0.5, 0.6) is 0 Å². The molecule has 0 aromatic heterocycles. The first-order chi connectivity index (χ1) is 12.6. The van der Waals surface area contributed by atoms with Gasteiger partial charge in [0.1, 0.15) is 0 Å². The average Bonchev–Trinajstić information content (AvgIpc) is 2.60. The SMILES string of the molecule is CN(C)c1cccc(C(=O)NNC(=O)c2ccc(Cl)c(NS(C)(=O)=O)c2)c1. The number of benzene rings is 2. The van der Waals surface area contributed by atoms with Crippen LogP contribution < -0.4 is 20.5 Å². The number of halogens is 1. The Kier molecular flexibility index (Phi) is 6.29. The minimum Gasteiger partial charge on any atom is -0.378 e. The number of anilines is 2. The molecule has 8 nitrogen and oxygen atoms in total. The second-order valence-electron chi connectivity index (χ2n) is 5.92. The lowest BCUT2D eigenvalue weighted by molar-refractivity contribution is 0.0847. The highest BCUT2D eigenvalue weighted by atomic mass is 35.5. The van der Waals surface area contributed by atoms with Gasteiger partial charge in [-0.3, -0.25) is 25.2 Å². The molecule has 3 N–H and O–H groups in total. The van der Waals surface area contributed by atoms with Crippen molar-refractivity contribution in [2.45, 2.75) is 0 Å². The largest absolute Gasteiger partial charge is 0.378 e. The smallest absolute Gasteiger partial charge is 0.269 e. The summed E-state index contributed by atoms with van der Waals surface area (Å²) in [6.45, 7) is 0. The molecule has 0 heterocycles. The van der Waals surface area contributed by atoms with Crippen LogP contribution in [-0.2, 0) is 10.0 Å². The molecule has 0 saturated carbocycles. The van der Waals surface area contributed by atoms with E-state index in [0.29, 0.717) is 5.56 Å². The van der Waals surface area contributed by atoms with E-state index < -0.39 is 21.8 Å². The zero-order valence-electron chi connectivity index (χ0n) is 14.9. The van der Waals surface area contributed by atoms with Crippen LogP contribution in [0.4, 0.5) is 11.4 Å². The van der Waals surface area contributed by atoms with Crippen molar-refractivity contribution in [2.75, 3.05) is 30.0 Å². The van der Waals surface area contributed by atoms with Crippen LogP contribution in [-0.4, -0.2) is 40.6 Å². The van der Waals surface area contributed by atoms with E-state index in [4.69, 9.17) is 11.6 Å². The van der Waals surface area contributed by atoms with Crippen LogP contribution in [0.3, 0.4) is 0 Å². The molecular formula is C17H19ClN4O4S. The molecule has 2 rings (SSSR count). The Morgan fingerprint density at radius 2 is 1.56 bits per heavy atom. The summed E-state index contributed by atoms with van der Waals surface area (Å²) in [5.41, 5.74) is 5.99. The van der Waals surface area contributed by atoms with Gasteiger partial charge in [-0.25, -0.2) is 8.42 Å². The second kappa shape index (κ2) is 8.28. The quantitative estimate of drug-likeness (QED) is 0.652. The maximum absolute atomic E-state index is 12.2. The molecular weight excluding hydrogens is 392 g/mol. The van der Waals surface area contributed by atoms with E-state index in [1.54, 1.807) is 18.2 Å². The van der Waals surface area contributed by atoms with E-state index in [1.165, 1.54) is 18.2 Å². The van der Waals surface area contributed by atoms with Crippen LogP contribution in [0, 0.1) is 0 Å². The maximum Gasteiger partial charge on any atom is 0.269 e. The first-order valence-electron chi connectivity index (χ1n) is 7.72. The average molecular weight is 411 g/mol. The normalized spacial score (nSPS) is 10.8. The van der Waals surface area contributed by atoms with E-state index in [-0.39, 0.29) is 16.3 Å². The van der Waals surface area contributed by atoms with Crippen molar-refractivity contribution in [3.05, 3.63) is 58.6 Å². The van der Waals surface area contributed by atoms with Gasteiger partial charge < -0.3 is 4.90 Å². The van der Waals surface area contributed by atoms with E-state index in [1.807, 2.05) is 25.1 Å². The van der Waals surface area contributed by atoms with Crippen molar-refractivity contribution < 1.29 is 18.0 Å². The number of carbonyl (C=O) groups excluding carboxylic acids is 2. The number of amides is 2. The number of rotatable bonds is 5. The Bertz CT molecular complexity index is 977. The van der Waals surface area contributed by atoms with Crippen LogP contribution in [0.25, 0.3) is 0 Å². The molecule has 0 bridgehead atoms. The highest BCUT2D eigenvalue weighted by Crippen LogP contribution is 2.23. The summed E-state index contributed by atoms with van der Waals surface area (Å²) in [5, 5.41) is 0.140. The highest BCUT2D eigenvalue weighted by Gasteiger charge is 2.13. The fourth-order valence-electron chi connectivity index (χ4n) is 2.13. The van der Waals surface area contributed by atoms with Gasteiger partial charge in [-0.1, -0.05) is 17.7 Å². The number of nitrogens with one attached hydrogen (secondary N) is 3. The molecule has 0 aliphatic carbocycles. The van der Waals surface area contributed by atoms with Crippen LogP contribution in [0.15, 0.2) is 42.5 Å². The molecule has 0 spiro atoms. The lowest BCUT2D eigenvalue weighted by atomic mass is 10.2. The summed E-state index contributed by atoms with van der Waals surface area (Å²) in [7, 11) is 0.142. The van der Waals surface area contributed by atoms with Gasteiger partial charge in [-0.15, -0.1) is 0 Å². The number of hydrogen-bond acceptors (Lipinski definition) is 5. The van der Waals surface area contributed by atoms with Gasteiger partial charge >= 0.3 is 0 Å². The van der Waals surface area contributed by atoms with Crippen molar-refractivity contribution in [1.29, 1.82) is 0 Å². The zero-order chi connectivity index (χ0) is 20.2. The van der Waals surface area contributed by atoms with E-state index in [0.717, 1.165) is 11.9 Å². The van der Waals surface area contributed by atoms with E-state index in [2.05, 4.69) is 15.6 Å². The third-order valence-corrected chi connectivity index (χ3v) is 4.36. The van der Waals surface area contributed by atoms with Gasteiger partial charge in [-0.2, -0.15) is 0 Å². The highest BCUT2D eigenvalue weighted by molar-refractivity contribution is 7.92. The van der Waals surface area contributed by atoms with Crippen molar-refractivity contribution in [3.8, 4) is 0 Å². The van der Waals surface area contributed by atoms with Crippen LogP contribution in [0.2, 0.25) is 5.02 Å². The molecule has 2 amide bonds. The molecule has 2 aromatic carbocycles. The first-order valence-corrected chi connectivity index (χ1v) is 9.99. The number of sulfonamides is 1. The molecule has 2 aromatic rings. The summed E-state index contributed by atoms with van der Waals surface area (Å²) < 4.78 is 24.9. The minimum absolute atomic E-state index is 0.0665. The molecule has 0 atom stereocenters. The third-order valence-electron chi connectivity index (χ3n) is 3.44. The second-order valence-corrected chi connectivity index (χ2v) is 8.08. The third kappa shape index (κ3) is 5.87. The fourth-order valence-corrected chi connectivity index (χ4v) is 2.92.